The number of amides is 2. The maximum Gasteiger partial charge on any atom is 0.313 e. The number of carbonyl (C=O) groups excluding carboxylic acids is 3. The van der Waals surface area contributed by atoms with Gasteiger partial charge in [0.25, 0.3) is 0 Å². The molecular formula is C21H30N2O3. The Morgan fingerprint density at radius 1 is 1.27 bits per heavy atom. The van der Waals surface area contributed by atoms with Gasteiger partial charge in [-0.1, -0.05) is 45.0 Å². The van der Waals surface area contributed by atoms with E-state index in [2.05, 4.69) is 11.9 Å². The molecule has 0 saturated carbocycles. The monoisotopic (exact) mass is 358 g/mol. The highest BCUT2D eigenvalue weighted by Crippen LogP contribution is 2.29. The Bertz CT molecular complexity index is 661. The molecule has 2 atom stereocenters. The van der Waals surface area contributed by atoms with Gasteiger partial charge in [0, 0.05) is 24.7 Å². The van der Waals surface area contributed by atoms with E-state index in [9.17, 15) is 14.4 Å². The standard InChI is InChI=1S/C21H30N2O3/c1-7-10-16(14-24)13-15(2)23(6)20(26)19(25)22-18-12-9-8-11-17(18)21(3,4)5/h7-9,11-12,14-16H,1,10,13H2,2-6H3,(H,22,25). The maximum atomic E-state index is 12.5. The van der Waals surface area contributed by atoms with Crippen molar-refractivity contribution in [3.63, 3.8) is 0 Å². The van der Waals surface area contributed by atoms with Gasteiger partial charge in [0.2, 0.25) is 0 Å². The molecule has 5 nitrogen and oxygen atoms in total. The third kappa shape index (κ3) is 5.83. The van der Waals surface area contributed by atoms with Crippen LogP contribution in [0.15, 0.2) is 36.9 Å². The van der Waals surface area contributed by atoms with E-state index >= 15 is 0 Å². The van der Waals surface area contributed by atoms with Crippen LogP contribution in [-0.2, 0) is 19.8 Å². The molecule has 0 aliphatic rings. The van der Waals surface area contributed by atoms with Crippen molar-refractivity contribution in [1.82, 2.24) is 4.90 Å². The molecule has 0 heterocycles. The van der Waals surface area contributed by atoms with Crippen molar-refractivity contribution in [2.24, 2.45) is 5.92 Å². The molecule has 1 aromatic carbocycles. The van der Waals surface area contributed by atoms with Gasteiger partial charge in [-0.15, -0.1) is 6.58 Å². The average Bonchev–Trinajstić information content (AvgIpc) is 2.59. The Balaban J connectivity index is 2.83. The Labute approximate surface area is 156 Å². The predicted octanol–water partition coefficient (Wildman–Crippen LogP) is 3.55. The first-order chi connectivity index (χ1) is 12.1. The molecular weight excluding hydrogens is 328 g/mol. The molecule has 5 heteroatoms. The van der Waals surface area contributed by atoms with Crippen molar-refractivity contribution in [3.8, 4) is 0 Å². The minimum atomic E-state index is -0.678. The predicted molar refractivity (Wildman–Crippen MR) is 105 cm³/mol. The molecule has 1 rings (SSSR count). The van der Waals surface area contributed by atoms with Crippen LogP contribution in [0.2, 0.25) is 0 Å². The summed E-state index contributed by atoms with van der Waals surface area (Å²) in [5.41, 5.74) is 1.44. The molecule has 0 saturated heterocycles. The Kier molecular flexibility index (Phi) is 7.75. The molecule has 142 valence electrons. The van der Waals surface area contributed by atoms with Crippen LogP contribution in [0.25, 0.3) is 0 Å². The molecule has 0 radical (unpaired) electrons. The molecule has 26 heavy (non-hydrogen) atoms. The van der Waals surface area contributed by atoms with Gasteiger partial charge in [0.05, 0.1) is 0 Å². The number of anilines is 1. The molecule has 0 aliphatic carbocycles. The molecule has 0 bridgehead atoms. The first kappa shape index (κ1) is 21.6. The van der Waals surface area contributed by atoms with Gasteiger partial charge in [-0.05, 0) is 36.8 Å². The Morgan fingerprint density at radius 3 is 2.42 bits per heavy atom. The minimum Gasteiger partial charge on any atom is -0.335 e. The van der Waals surface area contributed by atoms with Gasteiger partial charge in [-0.3, -0.25) is 9.59 Å². The summed E-state index contributed by atoms with van der Waals surface area (Å²) in [6.45, 7) is 11.6. The van der Waals surface area contributed by atoms with Crippen LogP contribution in [-0.4, -0.2) is 36.1 Å². The summed E-state index contributed by atoms with van der Waals surface area (Å²) in [7, 11) is 1.58. The second kappa shape index (κ2) is 9.32. The van der Waals surface area contributed by atoms with Gasteiger partial charge in [-0.25, -0.2) is 0 Å². The molecule has 2 amide bonds. The number of hydrogen-bond acceptors (Lipinski definition) is 3. The molecule has 0 spiro atoms. The number of allylic oxidation sites excluding steroid dienone is 1. The van der Waals surface area contributed by atoms with E-state index in [1.165, 1.54) is 4.90 Å². The van der Waals surface area contributed by atoms with Crippen LogP contribution in [0.1, 0.15) is 46.1 Å². The highest BCUT2D eigenvalue weighted by atomic mass is 16.2. The number of rotatable bonds is 7. The minimum absolute atomic E-state index is 0.159. The topological polar surface area (TPSA) is 66.5 Å². The average molecular weight is 358 g/mol. The Morgan fingerprint density at radius 2 is 1.88 bits per heavy atom. The number of para-hydroxylation sites is 1. The third-order valence-corrected chi connectivity index (χ3v) is 4.46. The largest absolute Gasteiger partial charge is 0.335 e. The number of hydrogen-bond donors (Lipinski definition) is 1. The molecule has 1 aromatic rings. The summed E-state index contributed by atoms with van der Waals surface area (Å²) in [6, 6.07) is 7.23. The second-order valence-corrected chi connectivity index (χ2v) is 7.67. The number of benzene rings is 1. The first-order valence-corrected chi connectivity index (χ1v) is 8.85. The maximum absolute atomic E-state index is 12.5. The van der Waals surface area contributed by atoms with E-state index < -0.39 is 11.8 Å². The fraction of sp³-hybridized carbons (Fsp3) is 0.476. The van der Waals surface area contributed by atoms with Crippen LogP contribution in [0.5, 0.6) is 0 Å². The summed E-state index contributed by atoms with van der Waals surface area (Å²) in [5, 5.41) is 2.73. The zero-order valence-electron chi connectivity index (χ0n) is 16.4. The van der Waals surface area contributed by atoms with E-state index in [0.717, 1.165) is 11.8 Å². The normalized spacial score (nSPS) is 13.4. The lowest BCUT2D eigenvalue weighted by Gasteiger charge is -2.27. The van der Waals surface area contributed by atoms with E-state index in [0.29, 0.717) is 18.5 Å². The van der Waals surface area contributed by atoms with Crippen LogP contribution in [0.3, 0.4) is 0 Å². The molecule has 2 unspecified atom stereocenters. The summed E-state index contributed by atoms with van der Waals surface area (Å²) in [6.07, 6.45) is 3.60. The van der Waals surface area contributed by atoms with Gasteiger partial charge in [-0.2, -0.15) is 0 Å². The van der Waals surface area contributed by atoms with E-state index in [-0.39, 0.29) is 17.4 Å². The fourth-order valence-electron chi connectivity index (χ4n) is 2.80. The first-order valence-electron chi connectivity index (χ1n) is 8.85. The summed E-state index contributed by atoms with van der Waals surface area (Å²) in [5.74, 6) is -1.51. The second-order valence-electron chi connectivity index (χ2n) is 7.67. The number of likely N-dealkylation sites (N-methyl/N-ethyl adjacent to an activating group) is 1. The molecule has 1 N–H and O–H groups in total. The van der Waals surface area contributed by atoms with Crippen LogP contribution in [0, 0.1) is 5.92 Å². The van der Waals surface area contributed by atoms with E-state index in [4.69, 9.17) is 0 Å². The zero-order chi connectivity index (χ0) is 19.9. The van der Waals surface area contributed by atoms with Crippen LogP contribution in [0.4, 0.5) is 5.69 Å². The van der Waals surface area contributed by atoms with Crippen molar-refractivity contribution in [2.75, 3.05) is 12.4 Å². The highest BCUT2D eigenvalue weighted by Gasteiger charge is 2.26. The lowest BCUT2D eigenvalue weighted by atomic mass is 9.86. The lowest BCUT2D eigenvalue weighted by Crippen LogP contribution is -2.43. The molecule has 0 aromatic heterocycles. The van der Waals surface area contributed by atoms with Crippen molar-refractivity contribution < 1.29 is 14.4 Å². The third-order valence-electron chi connectivity index (χ3n) is 4.46. The summed E-state index contributed by atoms with van der Waals surface area (Å²) >= 11 is 0. The number of nitrogens with zero attached hydrogens (tertiary/aromatic N) is 1. The van der Waals surface area contributed by atoms with Crippen molar-refractivity contribution in [3.05, 3.63) is 42.5 Å². The van der Waals surface area contributed by atoms with E-state index in [1.54, 1.807) is 19.2 Å². The summed E-state index contributed by atoms with van der Waals surface area (Å²) in [4.78, 5) is 37.4. The molecule has 0 fully saturated rings. The number of nitrogens with one attached hydrogen (secondary N) is 1. The number of aldehydes is 1. The highest BCUT2D eigenvalue weighted by molar-refractivity contribution is 6.39. The summed E-state index contributed by atoms with van der Waals surface area (Å²) < 4.78 is 0. The van der Waals surface area contributed by atoms with Crippen molar-refractivity contribution >= 4 is 23.8 Å². The van der Waals surface area contributed by atoms with Crippen molar-refractivity contribution in [2.45, 2.75) is 52.0 Å². The van der Waals surface area contributed by atoms with Gasteiger partial charge in [0.1, 0.15) is 6.29 Å². The SMILES string of the molecule is C=CCC(C=O)CC(C)N(C)C(=O)C(=O)Nc1ccccc1C(C)(C)C. The zero-order valence-corrected chi connectivity index (χ0v) is 16.4. The van der Waals surface area contributed by atoms with Gasteiger partial charge < -0.3 is 15.0 Å². The number of carbonyl (C=O) groups is 3. The van der Waals surface area contributed by atoms with E-state index in [1.807, 2.05) is 45.9 Å². The fourth-order valence-corrected chi connectivity index (χ4v) is 2.80. The smallest absolute Gasteiger partial charge is 0.313 e. The quantitative estimate of drug-likeness (QED) is 0.460. The van der Waals surface area contributed by atoms with Gasteiger partial charge >= 0.3 is 11.8 Å². The lowest BCUT2D eigenvalue weighted by molar-refractivity contribution is -0.143. The van der Waals surface area contributed by atoms with Gasteiger partial charge in [0.15, 0.2) is 0 Å². The molecule has 0 aliphatic heterocycles. The van der Waals surface area contributed by atoms with Crippen LogP contribution >= 0.6 is 0 Å². The Hall–Kier alpha value is -2.43. The van der Waals surface area contributed by atoms with Crippen LogP contribution < -0.4 is 5.32 Å². The van der Waals surface area contributed by atoms with Crippen molar-refractivity contribution in [1.29, 1.82) is 0 Å².